The molecule has 7 heterocycles. The van der Waals surface area contributed by atoms with E-state index >= 15 is 0 Å². The van der Waals surface area contributed by atoms with Crippen molar-refractivity contribution in [1.82, 2.24) is 9.38 Å². The Morgan fingerprint density at radius 2 is 1.57 bits per heavy atom. The van der Waals surface area contributed by atoms with Crippen molar-refractivity contribution in [3.05, 3.63) is 108 Å². The van der Waals surface area contributed by atoms with Crippen LogP contribution in [0.3, 0.4) is 0 Å². The number of pyridine rings is 3. The molecule has 8 aromatic rings. The number of aromatic nitrogens is 4. The van der Waals surface area contributed by atoms with Crippen molar-refractivity contribution in [1.29, 1.82) is 0 Å². The van der Waals surface area contributed by atoms with E-state index in [9.17, 15) is 0 Å². The van der Waals surface area contributed by atoms with Crippen LogP contribution in [0.2, 0.25) is 0 Å². The highest BCUT2D eigenvalue weighted by Crippen LogP contribution is 2.57. The fourth-order valence-electron chi connectivity index (χ4n) is 7.81. The fraction of sp³-hybridized carbons (Fsp3) is 0.0312. The summed E-state index contributed by atoms with van der Waals surface area (Å²) in [6, 6.07) is 30.6. The molecule has 168 valence electrons. The minimum atomic E-state index is -0.596. The Bertz CT molecular complexity index is 2460. The van der Waals surface area contributed by atoms with E-state index in [2.05, 4.69) is 105 Å². The van der Waals surface area contributed by atoms with E-state index in [-0.39, 0.29) is 0 Å². The van der Waals surface area contributed by atoms with Gasteiger partial charge in [0.25, 0.3) is 5.65 Å². The molecule has 5 nitrogen and oxygen atoms in total. The van der Waals surface area contributed by atoms with Gasteiger partial charge in [-0.15, -0.1) is 9.13 Å². The smallest absolute Gasteiger partial charge is 0.372 e. The van der Waals surface area contributed by atoms with Crippen LogP contribution in [0.1, 0.15) is 11.1 Å². The Morgan fingerprint density at radius 3 is 2.54 bits per heavy atom. The monoisotopic (exact) mass is 472 g/mol. The van der Waals surface area contributed by atoms with E-state index in [0.29, 0.717) is 0 Å². The van der Waals surface area contributed by atoms with Gasteiger partial charge in [-0.3, -0.25) is 0 Å². The number of rotatable bonds is 0. The lowest BCUT2D eigenvalue weighted by Crippen LogP contribution is -2.72. The standard InChI is InChI=1S/C32H16N4O/c1-2-7-21-19(6-1)20-12-14-24-28-26(20)31-35(21)30-22(8-3-15-33-30)36(31)32(28)27-23(37-24)13-11-17-9-10-18-5-4-16-34(32)29(18)25(17)27/h1-16H/q+2. The zero-order valence-corrected chi connectivity index (χ0v) is 19.4. The summed E-state index contributed by atoms with van der Waals surface area (Å²) in [5.41, 5.74) is 7.54. The third kappa shape index (κ3) is 1.54. The summed E-state index contributed by atoms with van der Waals surface area (Å²) in [6.45, 7) is 0. The molecule has 3 aliphatic heterocycles. The van der Waals surface area contributed by atoms with Gasteiger partial charge in [-0.2, -0.15) is 4.40 Å². The Morgan fingerprint density at radius 1 is 0.730 bits per heavy atom. The summed E-state index contributed by atoms with van der Waals surface area (Å²) in [5.74, 6) is 1.85. The number of ether oxygens (including phenoxy) is 1. The van der Waals surface area contributed by atoms with Crippen LogP contribution in [-0.2, 0) is 5.66 Å². The maximum Gasteiger partial charge on any atom is 0.372 e. The van der Waals surface area contributed by atoms with Crippen molar-refractivity contribution in [3.8, 4) is 11.5 Å². The minimum absolute atomic E-state index is 0.596. The molecule has 3 aliphatic rings. The number of para-hydroxylation sites is 1. The Hall–Kier alpha value is -5.03. The highest BCUT2D eigenvalue weighted by Gasteiger charge is 2.68. The number of benzene rings is 4. The predicted molar refractivity (Wildman–Crippen MR) is 141 cm³/mol. The first-order chi connectivity index (χ1) is 18.4. The highest BCUT2D eigenvalue weighted by molar-refractivity contribution is 6.17. The summed E-state index contributed by atoms with van der Waals surface area (Å²) in [4.78, 5) is 4.96. The minimum Gasteiger partial charge on any atom is -0.456 e. The van der Waals surface area contributed by atoms with Crippen molar-refractivity contribution in [3.63, 3.8) is 0 Å². The molecule has 1 spiro atoms. The van der Waals surface area contributed by atoms with Crippen LogP contribution < -0.4 is 13.9 Å². The SMILES string of the molecule is c1ccc2c(c1)c1ccc3c4c1c1n2c2ncccc2[n+]1C41c2c(ccc4ccc5ccc[n+]1c5c24)O3. The second-order valence-corrected chi connectivity index (χ2v) is 10.4. The molecular formula is C32H16N4O+2. The normalized spacial score (nSPS) is 18.1. The first-order valence-corrected chi connectivity index (χ1v) is 12.7. The number of nitrogens with zero attached hydrogens (tertiary/aromatic N) is 4. The highest BCUT2D eigenvalue weighted by atomic mass is 16.5. The van der Waals surface area contributed by atoms with Crippen LogP contribution in [0.25, 0.3) is 60.2 Å². The largest absolute Gasteiger partial charge is 0.456 e. The van der Waals surface area contributed by atoms with Crippen molar-refractivity contribution in [2.45, 2.75) is 5.66 Å². The lowest BCUT2D eigenvalue weighted by molar-refractivity contribution is -0.934. The third-order valence-corrected chi connectivity index (χ3v) is 8.96. The van der Waals surface area contributed by atoms with Gasteiger partial charge in [0, 0.05) is 28.4 Å². The number of hydrogen-bond donors (Lipinski definition) is 0. The van der Waals surface area contributed by atoms with Crippen LogP contribution in [0, 0.1) is 0 Å². The average molecular weight is 473 g/mol. The summed E-state index contributed by atoms with van der Waals surface area (Å²) < 4.78 is 14.2. The van der Waals surface area contributed by atoms with E-state index in [4.69, 9.17) is 9.72 Å². The maximum absolute atomic E-state index is 6.75. The second-order valence-electron chi connectivity index (χ2n) is 10.4. The van der Waals surface area contributed by atoms with Gasteiger partial charge in [0.2, 0.25) is 11.0 Å². The third-order valence-electron chi connectivity index (χ3n) is 8.96. The molecule has 4 aromatic carbocycles. The average Bonchev–Trinajstić information content (AvgIpc) is 3.57. The van der Waals surface area contributed by atoms with E-state index in [1.165, 1.54) is 60.1 Å². The fourth-order valence-corrected chi connectivity index (χ4v) is 7.81. The molecule has 0 N–H and O–H groups in total. The molecule has 0 aliphatic carbocycles. The van der Waals surface area contributed by atoms with Crippen LogP contribution in [0.5, 0.6) is 11.5 Å². The van der Waals surface area contributed by atoms with Gasteiger partial charge in [0.05, 0.1) is 10.8 Å². The lowest BCUT2D eigenvalue weighted by atomic mass is 9.85. The molecule has 0 fully saturated rings. The van der Waals surface area contributed by atoms with Gasteiger partial charge < -0.3 is 4.74 Å². The zero-order valence-electron chi connectivity index (χ0n) is 19.4. The first kappa shape index (κ1) is 17.4. The molecule has 11 rings (SSSR count). The van der Waals surface area contributed by atoms with Gasteiger partial charge in [0.15, 0.2) is 6.20 Å². The number of fused-ring (bicyclic) bond motifs is 6. The molecule has 0 saturated carbocycles. The topological polar surface area (TPSA) is 34.3 Å². The van der Waals surface area contributed by atoms with Gasteiger partial charge in [-0.05, 0) is 53.9 Å². The Kier molecular flexibility index (Phi) is 2.46. The van der Waals surface area contributed by atoms with E-state index in [0.717, 1.165) is 22.7 Å². The van der Waals surface area contributed by atoms with Crippen molar-refractivity contribution >= 4 is 60.2 Å². The molecule has 37 heavy (non-hydrogen) atoms. The van der Waals surface area contributed by atoms with Crippen LogP contribution in [0.4, 0.5) is 0 Å². The van der Waals surface area contributed by atoms with E-state index in [1.54, 1.807) is 0 Å². The van der Waals surface area contributed by atoms with Gasteiger partial charge in [0.1, 0.15) is 28.1 Å². The Balaban J connectivity index is 1.56. The van der Waals surface area contributed by atoms with Crippen molar-refractivity contribution < 1.29 is 13.9 Å². The van der Waals surface area contributed by atoms with Crippen molar-refractivity contribution in [2.75, 3.05) is 0 Å². The molecule has 0 amide bonds. The maximum atomic E-state index is 6.75. The lowest BCUT2D eigenvalue weighted by Gasteiger charge is -2.28. The predicted octanol–water partition coefficient (Wildman–Crippen LogP) is 5.71. The summed E-state index contributed by atoms with van der Waals surface area (Å²) in [6.07, 6.45) is 4.16. The first-order valence-electron chi connectivity index (χ1n) is 12.7. The molecule has 0 radical (unpaired) electrons. The van der Waals surface area contributed by atoms with Crippen molar-refractivity contribution in [2.24, 2.45) is 0 Å². The van der Waals surface area contributed by atoms with Gasteiger partial charge >= 0.3 is 11.3 Å². The van der Waals surface area contributed by atoms with Gasteiger partial charge in [-0.1, -0.05) is 30.3 Å². The van der Waals surface area contributed by atoms with Gasteiger partial charge in [-0.25, -0.2) is 4.98 Å². The summed E-state index contributed by atoms with van der Waals surface area (Å²) in [7, 11) is 0. The van der Waals surface area contributed by atoms with E-state index in [1.807, 2.05) is 6.20 Å². The molecule has 4 aromatic heterocycles. The summed E-state index contributed by atoms with van der Waals surface area (Å²) in [5, 5.41) is 7.47. The van der Waals surface area contributed by atoms with Crippen LogP contribution >= 0.6 is 0 Å². The number of hydrogen-bond acceptors (Lipinski definition) is 2. The zero-order chi connectivity index (χ0) is 23.6. The molecule has 0 saturated heterocycles. The Labute approximate surface area is 209 Å². The molecule has 5 heteroatoms. The molecule has 1 unspecified atom stereocenters. The number of imidazole rings is 1. The summed E-state index contributed by atoms with van der Waals surface area (Å²) >= 11 is 0. The van der Waals surface area contributed by atoms with Crippen LogP contribution in [-0.4, -0.2) is 9.38 Å². The molecular weight excluding hydrogens is 456 g/mol. The molecule has 0 bridgehead atoms. The molecule has 1 atom stereocenters. The van der Waals surface area contributed by atoms with E-state index < -0.39 is 5.66 Å². The van der Waals surface area contributed by atoms with Crippen LogP contribution in [0.15, 0.2) is 97.3 Å². The quantitative estimate of drug-likeness (QED) is 0.209. The second kappa shape index (κ2) is 5.22.